The van der Waals surface area contributed by atoms with Gasteiger partial charge in [-0.3, -0.25) is 0 Å². The van der Waals surface area contributed by atoms with E-state index in [0.29, 0.717) is 5.02 Å². The van der Waals surface area contributed by atoms with Gasteiger partial charge in [-0.2, -0.15) is 0 Å². The molecule has 1 aromatic heterocycles. The predicted molar refractivity (Wildman–Crippen MR) is 75.2 cm³/mol. The van der Waals surface area contributed by atoms with Crippen molar-refractivity contribution >= 4 is 23.2 Å². The smallest absolute Gasteiger partial charge is 0.0947 e. The molecule has 0 aliphatic heterocycles. The molecule has 18 heavy (non-hydrogen) atoms. The molecule has 96 valence electrons. The normalized spacial score (nSPS) is 12.7. The van der Waals surface area contributed by atoms with Crippen LogP contribution in [0.1, 0.15) is 17.3 Å². The molecule has 1 atom stereocenters. The van der Waals surface area contributed by atoms with Crippen LogP contribution in [0.15, 0.2) is 30.7 Å². The summed E-state index contributed by atoms with van der Waals surface area (Å²) in [5, 5.41) is 4.68. The number of hydrogen-bond acceptors (Lipinski definition) is 2. The van der Waals surface area contributed by atoms with E-state index in [4.69, 9.17) is 23.2 Å². The van der Waals surface area contributed by atoms with Gasteiger partial charge in [0.2, 0.25) is 0 Å². The van der Waals surface area contributed by atoms with Gasteiger partial charge in [0.05, 0.1) is 18.1 Å². The molecule has 0 amide bonds. The van der Waals surface area contributed by atoms with Gasteiger partial charge < -0.3 is 9.88 Å². The molecule has 0 saturated heterocycles. The molecule has 0 aliphatic carbocycles. The molecule has 0 saturated carbocycles. The van der Waals surface area contributed by atoms with Gasteiger partial charge in [0.25, 0.3) is 0 Å². The highest BCUT2D eigenvalue weighted by Gasteiger charge is 2.14. The average molecular weight is 284 g/mol. The SMILES string of the molecule is CNC(Cc1cc(Cl)ccc1Cl)c1cn(C)cn1. The maximum atomic E-state index is 6.18. The van der Waals surface area contributed by atoms with Crippen molar-refractivity contribution in [3.63, 3.8) is 0 Å². The number of nitrogens with zero attached hydrogens (tertiary/aromatic N) is 2. The monoisotopic (exact) mass is 283 g/mol. The van der Waals surface area contributed by atoms with Gasteiger partial charge in [0.15, 0.2) is 0 Å². The highest BCUT2D eigenvalue weighted by molar-refractivity contribution is 6.33. The zero-order valence-corrected chi connectivity index (χ0v) is 11.8. The van der Waals surface area contributed by atoms with E-state index in [1.165, 1.54) is 0 Å². The summed E-state index contributed by atoms with van der Waals surface area (Å²) in [5.74, 6) is 0. The molecule has 0 spiro atoms. The Kier molecular flexibility index (Phi) is 4.27. The van der Waals surface area contributed by atoms with Crippen molar-refractivity contribution in [2.45, 2.75) is 12.5 Å². The van der Waals surface area contributed by atoms with Crippen molar-refractivity contribution in [2.24, 2.45) is 7.05 Å². The number of benzene rings is 1. The molecule has 1 heterocycles. The van der Waals surface area contributed by atoms with Crippen LogP contribution >= 0.6 is 23.2 Å². The van der Waals surface area contributed by atoms with Crippen LogP contribution in [0.5, 0.6) is 0 Å². The minimum atomic E-state index is 0.127. The lowest BCUT2D eigenvalue weighted by atomic mass is 10.0. The van der Waals surface area contributed by atoms with Crippen LogP contribution in [0.3, 0.4) is 0 Å². The Balaban J connectivity index is 2.22. The van der Waals surface area contributed by atoms with Gasteiger partial charge >= 0.3 is 0 Å². The predicted octanol–water partition coefficient (Wildman–Crippen LogP) is 3.23. The summed E-state index contributed by atoms with van der Waals surface area (Å²) in [6.07, 6.45) is 4.55. The number of imidazole rings is 1. The first-order valence-electron chi connectivity index (χ1n) is 5.69. The second kappa shape index (κ2) is 5.74. The van der Waals surface area contributed by atoms with Crippen molar-refractivity contribution in [3.05, 3.63) is 52.0 Å². The van der Waals surface area contributed by atoms with Gasteiger partial charge in [-0.15, -0.1) is 0 Å². The first-order chi connectivity index (χ1) is 8.60. The number of likely N-dealkylation sites (N-methyl/N-ethyl adjacent to an activating group) is 1. The van der Waals surface area contributed by atoms with Crippen LogP contribution in [0.2, 0.25) is 10.0 Å². The molecule has 1 N–H and O–H groups in total. The van der Waals surface area contributed by atoms with E-state index in [9.17, 15) is 0 Å². The summed E-state index contributed by atoms with van der Waals surface area (Å²) in [4.78, 5) is 4.36. The van der Waals surface area contributed by atoms with E-state index >= 15 is 0 Å². The Morgan fingerprint density at radius 2 is 2.17 bits per heavy atom. The number of rotatable bonds is 4. The lowest BCUT2D eigenvalue weighted by Crippen LogP contribution is -2.19. The molecular formula is C13H15Cl2N3. The van der Waals surface area contributed by atoms with E-state index in [2.05, 4.69) is 10.3 Å². The summed E-state index contributed by atoms with van der Waals surface area (Å²) in [6, 6.07) is 5.64. The summed E-state index contributed by atoms with van der Waals surface area (Å²) in [5.41, 5.74) is 2.02. The summed E-state index contributed by atoms with van der Waals surface area (Å²) in [6.45, 7) is 0. The van der Waals surface area contributed by atoms with Crippen molar-refractivity contribution in [3.8, 4) is 0 Å². The van der Waals surface area contributed by atoms with Crippen molar-refractivity contribution in [1.29, 1.82) is 0 Å². The fourth-order valence-corrected chi connectivity index (χ4v) is 2.28. The lowest BCUT2D eigenvalue weighted by molar-refractivity contribution is 0.578. The third kappa shape index (κ3) is 3.05. The number of aryl methyl sites for hydroxylation is 1. The lowest BCUT2D eigenvalue weighted by Gasteiger charge is -2.15. The topological polar surface area (TPSA) is 29.9 Å². The van der Waals surface area contributed by atoms with E-state index in [1.807, 2.05) is 37.0 Å². The second-order valence-corrected chi connectivity index (χ2v) is 5.09. The maximum Gasteiger partial charge on any atom is 0.0947 e. The third-order valence-corrected chi connectivity index (χ3v) is 3.47. The molecule has 0 fully saturated rings. The standard InChI is InChI=1S/C13H15Cl2N3/c1-16-12(13-7-18(2)8-17-13)6-9-5-10(14)3-4-11(9)15/h3-5,7-8,12,16H,6H2,1-2H3. The zero-order valence-electron chi connectivity index (χ0n) is 10.3. The molecule has 5 heteroatoms. The molecule has 1 unspecified atom stereocenters. The van der Waals surface area contributed by atoms with Gasteiger partial charge in [0.1, 0.15) is 0 Å². The molecule has 0 radical (unpaired) electrons. The second-order valence-electron chi connectivity index (χ2n) is 4.25. The van der Waals surface area contributed by atoms with Crippen molar-refractivity contribution < 1.29 is 0 Å². The molecule has 1 aromatic carbocycles. The Hall–Kier alpha value is -1.03. The number of halogens is 2. The van der Waals surface area contributed by atoms with Crippen LogP contribution in [0, 0.1) is 0 Å². The van der Waals surface area contributed by atoms with Crippen LogP contribution in [-0.2, 0) is 13.5 Å². The molecule has 2 rings (SSSR count). The van der Waals surface area contributed by atoms with Crippen LogP contribution in [-0.4, -0.2) is 16.6 Å². The van der Waals surface area contributed by atoms with Crippen LogP contribution in [0.25, 0.3) is 0 Å². The minimum absolute atomic E-state index is 0.127. The van der Waals surface area contributed by atoms with Crippen molar-refractivity contribution in [1.82, 2.24) is 14.9 Å². The summed E-state index contributed by atoms with van der Waals surface area (Å²) in [7, 11) is 3.87. The Bertz CT molecular complexity index is 537. The highest BCUT2D eigenvalue weighted by Crippen LogP contribution is 2.25. The third-order valence-electron chi connectivity index (χ3n) is 2.86. The first kappa shape index (κ1) is 13.4. The van der Waals surface area contributed by atoms with E-state index < -0.39 is 0 Å². The Labute approximate surface area is 117 Å². The highest BCUT2D eigenvalue weighted by atomic mass is 35.5. The Morgan fingerprint density at radius 3 is 2.78 bits per heavy atom. The summed E-state index contributed by atoms with van der Waals surface area (Å²) < 4.78 is 1.93. The van der Waals surface area contributed by atoms with E-state index in [0.717, 1.165) is 22.7 Å². The van der Waals surface area contributed by atoms with E-state index in [-0.39, 0.29) is 6.04 Å². The molecular weight excluding hydrogens is 269 g/mol. The largest absolute Gasteiger partial charge is 0.340 e. The van der Waals surface area contributed by atoms with Gasteiger partial charge in [0, 0.05) is 23.3 Å². The van der Waals surface area contributed by atoms with Gasteiger partial charge in [-0.25, -0.2) is 4.98 Å². The van der Waals surface area contributed by atoms with Gasteiger partial charge in [-0.05, 0) is 37.2 Å². The molecule has 0 aliphatic rings. The van der Waals surface area contributed by atoms with Crippen LogP contribution < -0.4 is 5.32 Å². The first-order valence-corrected chi connectivity index (χ1v) is 6.45. The van der Waals surface area contributed by atoms with E-state index in [1.54, 1.807) is 12.4 Å². The van der Waals surface area contributed by atoms with Gasteiger partial charge in [-0.1, -0.05) is 23.2 Å². The number of hydrogen-bond donors (Lipinski definition) is 1. The zero-order chi connectivity index (χ0) is 13.1. The number of aromatic nitrogens is 2. The fraction of sp³-hybridized carbons (Fsp3) is 0.308. The molecule has 3 nitrogen and oxygen atoms in total. The van der Waals surface area contributed by atoms with Crippen molar-refractivity contribution in [2.75, 3.05) is 7.05 Å². The minimum Gasteiger partial charge on any atom is -0.340 e. The fourth-order valence-electron chi connectivity index (χ4n) is 1.89. The molecule has 2 aromatic rings. The number of nitrogens with one attached hydrogen (secondary N) is 1. The summed E-state index contributed by atoms with van der Waals surface area (Å²) >= 11 is 12.2. The maximum absolute atomic E-state index is 6.18. The molecule has 0 bridgehead atoms. The van der Waals surface area contributed by atoms with Crippen LogP contribution in [0.4, 0.5) is 0 Å². The Morgan fingerprint density at radius 1 is 1.39 bits per heavy atom. The average Bonchev–Trinajstić information content (AvgIpc) is 2.77. The quantitative estimate of drug-likeness (QED) is 0.934.